The van der Waals surface area contributed by atoms with E-state index >= 15 is 0 Å². The molecule has 0 radical (unpaired) electrons. The predicted molar refractivity (Wildman–Crippen MR) is 91.7 cm³/mol. The zero-order valence-electron chi connectivity index (χ0n) is 11.4. The number of ether oxygens (including phenoxy) is 1. The number of hydrogen-bond donors (Lipinski definition) is 0. The number of alkyl halides is 1. The van der Waals surface area contributed by atoms with Crippen LogP contribution in [0.4, 0.5) is 4.39 Å². The van der Waals surface area contributed by atoms with Crippen molar-refractivity contribution in [1.29, 1.82) is 0 Å². The van der Waals surface area contributed by atoms with Gasteiger partial charge in [-0.2, -0.15) is 0 Å². The highest BCUT2D eigenvalue weighted by Gasteiger charge is 2.14. The summed E-state index contributed by atoms with van der Waals surface area (Å²) in [5, 5.41) is -0.349. The third-order valence-corrected chi connectivity index (χ3v) is 4.68. The molecule has 1 nitrogen and oxygen atoms in total. The Morgan fingerprint density at radius 2 is 1.71 bits per heavy atom. The quantitative estimate of drug-likeness (QED) is 0.488. The maximum absolute atomic E-state index is 13.3. The summed E-state index contributed by atoms with van der Waals surface area (Å²) >= 11 is 13.1. The predicted octanol–water partition coefficient (Wildman–Crippen LogP) is 6.47. The van der Waals surface area contributed by atoms with Crippen LogP contribution in [0.1, 0.15) is 29.8 Å². The van der Waals surface area contributed by atoms with Crippen molar-refractivity contribution in [1.82, 2.24) is 0 Å². The molecule has 0 N–H and O–H groups in total. The monoisotopic (exact) mass is 434 g/mol. The normalized spacial score (nSPS) is 12.2. The van der Waals surface area contributed by atoms with Crippen LogP contribution >= 0.6 is 43.5 Å². The van der Waals surface area contributed by atoms with Crippen LogP contribution in [-0.4, -0.2) is 6.61 Å². The molecule has 2 aromatic rings. The summed E-state index contributed by atoms with van der Waals surface area (Å²) in [4.78, 5) is 0. The van der Waals surface area contributed by atoms with E-state index in [0.29, 0.717) is 11.1 Å². The molecule has 0 aromatic heterocycles. The van der Waals surface area contributed by atoms with Gasteiger partial charge in [-0.25, -0.2) is 4.39 Å². The highest BCUT2D eigenvalue weighted by atomic mass is 79.9. The second kappa shape index (κ2) is 7.61. The fraction of sp³-hybridized carbons (Fsp3) is 0.250. The number of hydrogen-bond acceptors (Lipinski definition) is 1. The number of benzene rings is 2. The fourth-order valence-corrected chi connectivity index (χ4v) is 3.05. The van der Waals surface area contributed by atoms with Crippen LogP contribution < -0.4 is 4.74 Å². The van der Waals surface area contributed by atoms with Crippen LogP contribution in [-0.2, 0) is 0 Å². The van der Waals surface area contributed by atoms with E-state index in [1.165, 1.54) is 6.07 Å². The van der Waals surface area contributed by atoms with Gasteiger partial charge in [0.15, 0.2) is 0 Å². The molecule has 0 aliphatic heterocycles. The molecule has 0 amide bonds. The van der Waals surface area contributed by atoms with E-state index in [1.54, 1.807) is 12.1 Å². The molecule has 5 heteroatoms. The average molecular weight is 437 g/mol. The Labute approximate surface area is 145 Å². The zero-order chi connectivity index (χ0) is 15.4. The minimum Gasteiger partial charge on any atom is -0.492 e. The van der Waals surface area contributed by atoms with Gasteiger partial charge >= 0.3 is 0 Å². The van der Waals surface area contributed by atoms with Crippen molar-refractivity contribution in [2.24, 2.45) is 0 Å². The van der Waals surface area contributed by atoms with E-state index in [2.05, 4.69) is 38.8 Å². The van der Waals surface area contributed by atoms with E-state index in [-0.39, 0.29) is 11.2 Å². The first kappa shape index (κ1) is 16.8. The summed E-state index contributed by atoms with van der Waals surface area (Å²) in [5.74, 6) is 0.497. The molecule has 0 heterocycles. The molecule has 0 saturated carbocycles. The minimum absolute atomic E-state index is 0.299. The van der Waals surface area contributed by atoms with E-state index in [1.807, 2.05) is 18.2 Å². The van der Waals surface area contributed by atoms with Crippen molar-refractivity contribution in [3.05, 3.63) is 62.3 Å². The molecule has 0 spiro atoms. The van der Waals surface area contributed by atoms with Crippen molar-refractivity contribution < 1.29 is 9.13 Å². The molecular formula is C16H14Br2ClFO. The molecule has 112 valence electrons. The molecule has 0 saturated heterocycles. The first-order chi connectivity index (χ1) is 10.0. The second-order valence-electron chi connectivity index (χ2n) is 4.57. The molecule has 1 unspecified atom stereocenters. The summed E-state index contributed by atoms with van der Waals surface area (Å²) in [7, 11) is 0. The van der Waals surface area contributed by atoms with Gasteiger partial charge in [-0.1, -0.05) is 19.1 Å². The van der Waals surface area contributed by atoms with Crippen molar-refractivity contribution in [2.45, 2.75) is 18.7 Å². The van der Waals surface area contributed by atoms with Crippen LogP contribution in [0.5, 0.6) is 5.75 Å². The number of halogens is 4. The lowest BCUT2D eigenvalue weighted by molar-refractivity contribution is 0.315. The van der Waals surface area contributed by atoms with Crippen molar-refractivity contribution in [2.75, 3.05) is 6.61 Å². The lowest BCUT2D eigenvalue weighted by Crippen LogP contribution is -1.98. The Hall–Kier alpha value is -0.580. The van der Waals surface area contributed by atoms with Gasteiger partial charge in [0.2, 0.25) is 0 Å². The summed E-state index contributed by atoms with van der Waals surface area (Å²) < 4.78 is 20.2. The van der Waals surface area contributed by atoms with Gasteiger partial charge in [0.05, 0.1) is 20.9 Å². The van der Waals surface area contributed by atoms with Crippen LogP contribution in [0.25, 0.3) is 0 Å². The van der Waals surface area contributed by atoms with Crippen LogP contribution in [0.2, 0.25) is 0 Å². The Morgan fingerprint density at radius 3 is 2.29 bits per heavy atom. The highest BCUT2D eigenvalue weighted by molar-refractivity contribution is 9.10. The molecule has 0 fully saturated rings. The van der Waals surface area contributed by atoms with Crippen molar-refractivity contribution in [3.63, 3.8) is 0 Å². The Bertz CT molecular complexity index is 634. The topological polar surface area (TPSA) is 9.23 Å². The molecule has 0 aliphatic rings. The molecule has 2 rings (SSSR count). The molecule has 2 aromatic carbocycles. The van der Waals surface area contributed by atoms with Crippen molar-refractivity contribution >= 4 is 43.5 Å². The van der Waals surface area contributed by atoms with E-state index in [4.69, 9.17) is 16.3 Å². The van der Waals surface area contributed by atoms with Gasteiger partial charge in [-0.3, -0.25) is 0 Å². The molecule has 21 heavy (non-hydrogen) atoms. The lowest BCUT2D eigenvalue weighted by atomic mass is 10.0. The lowest BCUT2D eigenvalue weighted by Gasteiger charge is -2.14. The Balaban J connectivity index is 2.24. The average Bonchev–Trinajstić information content (AvgIpc) is 2.48. The third kappa shape index (κ3) is 4.21. The Morgan fingerprint density at radius 1 is 1.10 bits per heavy atom. The smallest absolute Gasteiger partial charge is 0.137 e. The van der Waals surface area contributed by atoms with Crippen molar-refractivity contribution in [3.8, 4) is 5.75 Å². The maximum Gasteiger partial charge on any atom is 0.137 e. The molecule has 0 bridgehead atoms. The Kier molecular flexibility index (Phi) is 6.08. The maximum atomic E-state index is 13.3. The third-order valence-electron chi connectivity index (χ3n) is 2.95. The van der Waals surface area contributed by atoms with Crippen LogP contribution in [0.15, 0.2) is 45.3 Å². The zero-order valence-corrected chi connectivity index (χ0v) is 15.3. The first-order valence-electron chi connectivity index (χ1n) is 6.54. The highest BCUT2D eigenvalue weighted by Crippen LogP contribution is 2.35. The van der Waals surface area contributed by atoms with E-state index in [0.717, 1.165) is 27.8 Å². The fourth-order valence-electron chi connectivity index (χ4n) is 1.87. The van der Waals surface area contributed by atoms with Gasteiger partial charge in [0, 0.05) is 0 Å². The summed E-state index contributed by atoms with van der Waals surface area (Å²) in [6.45, 7) is 2.73. The minimum atomic E-state index is -0.349. The molecular weight excluding hydrogens is 422 g/mol. The SMILES string of the molecule is CCCOc1ccc(C(Cl)c2ccc(F)c(Br)c2)cc1Br. The van der Waals surface area contributed by atoms with Crippen LogP contribution in [0.3, 0.4) is 0 Å². The van der Waals surface area contributed by atoms with Crippen LogP contribution in [0, 0.1) is 5.82 Å². The van der Waals surface area contributed by atoms with Gasteiger partial charge in [0.25, 0.3) is 0 Å². The van der Waals surface area contributed by atoms with Gasteiger partial charge in [-0.05, 0) is 73.7 Å². The standard InChI is InChI=1S/C16H14Br2ClFO/c1-2-7-21-15-6-4-11(9-13(15)18)16(19)10-3-5-14(20)12(17)8-10/h3-6,8-9,16H,2,7H2,1H3. The first-order valence-corrected chi connectivity index (χ1v) is 8.56. The summed E-state index contributed by atoms with van der Waals surface area (Å²) in [5.41, 5.74) is 1.75. The largest absolute Gasteiger partial charge is 0.492 e. The summed E-state index contributed by atoms with van der Waals surface area (Å²) in [6.07, 6.45) is 0.954. The van der Waals surface area contributed by atoms with Gasteiger partial charge in [-0.15, -0.1) is 11.6 Å². The molecule has 0 aliphatic carbocycles. The summed E-state index contributed by atoms with van der Waals surface area (Å²) in [6, 6.07) is 10.5. The van der Waals surface area contributed by atoms with Gasteiger partial charge < -0.3 is 4.74 Å². The van der Waals surface area contributed by atoms with E-state index in [9.17, 15) is 4.39 Å². The van der Waals surface area contributed by atoms with E-state index < -0.39 is 0 Å². The second-order valence-corrected chi connectivity index (χ2v) is 6.72. The molecule has 1 atom stereocenters. The van der Waals surface area contributed by atoms with Gasteiger partial charge in [0.1, 0.15) is 11.6 Å². The number of rotatable bonds is 5.